The molecule has 8 nitrogen and oxygen atoms in total. The van der Waals surface area contributed by atoms with E-state index in [9.17, 15) is 9.59 Å². The number of carbonyl (C=O) groups excluding carboxylic acids is 1. The van der Waals surface area contributed by atoms with Gasteiger partial charge >= 0.3 is 0 Å². The first-order valence-electron chi connectivity index (χ1n) is 11.5. The van der Waals surface area contributed by atoms with E-state index in [0.717, 1.165) is 48.1 Å². The number of aromatic nitrogens is 1. The number of rotatable bonds is 7. The average molecular weight is 472 g/mol. The molecule has 0 radical (unpaired) electrons. The van der Waals surface area contributed by atoms with Crippen molar-refractivity contribution in [1.29, 1.82) is 0 Å². The first-order valence-corrected chi connectivity index (χ1v) is 12.3. The molecule has 2 saturated heterocycles. The van der Waals surface area contributed by atoms with Crippen LogP contribution in [-0.2, 0) is 16.5 Å². The van der Waals surface area contributed by atoms with Gasteiger partial charge in [-0.25, -0.2) is 0 Å². The molecule has 2 aliphatic rings. The Labute approximate surface area is 196 Å². The van der Waals surface area contributed by atoms with Crippen LogP contribution in [0.2, 0.25) is 0 Å². The molecule has 1 unspecified atom stereocenters. The topological polar surface area (TPSA) is 82.0 Å². The number of nitrogens with zero attached hydrogens (tertiary/aromatic N) is 2. The Morgan fingerprint density at radius 1 is 1.24 bits per heavy atom. The fourth-order valence-corrected chi connectivity index (χ4v) is 5.70. The van der Waals surface area contributed by atoms with E-state index in [1.165, 1.54) is 11.3 Å². The highest BCUT2D eigenvalue weighted by atomic mass is 32.1. The summed E-state index contributed by atoms with van der Waals surface area (Å²) in [6.45, 7) is 5.44. The van der Waals surface area contributed by atoms with E-state index in [1.54, 1.807) is 11.6 Å². The highest BCUT2D eigenvalue weighted by molar-refractivity contribution is 7.22. The van der Waals surface area contributed by atoms with Crippen LogP contribution >= 0.6 is 11.3 Å². The Morgan fingerprint density at radius 3 is 2.85 bits per heavy atom. The number of carbonyl (C=O) groups is 1. The number of ether oxygens (including phenoxy) is 3. The first-order chi connectivity index (χ1) is 16.1. The Hall–Kier alpha value is -2.46. The first kappa shape index (κ1) is 22.3. The molecule has 33 heavy (non-hydrogen) atoms. The molecular weight excluding hydrogens is 442 g/mol. The molecule has 1 amide bonds. The van der Waals surface area contributed by atoms with E-state index in [1.807, 2.05) is 24.3 Å². The predicted molar refractivity (Wildman–Crippen MR) is 129 cm³/mol. The summed E-state index contributed by atoms with van der Waals surface area (Å²) in [5.41, 5.74) is 0.682. The van der Waals surface area contributed by atoms with Crippen LogP contribution in [0.1, 0.15) is 22.5 Å². The number of fused-ring (bicyclic) bond motifs is 3. The second-order valence-corrected chi connectivity index (χ2v) is 9.51. The van der Waals surface area contributed by atoms with E-state index in [4.69, 9.17) is 14.2 Å². The second-order valence-electron chi connectivity index (χ2n) is 8.49. The van der Waals surface area contributed by atoms with Gasteiger partial charge in [0.25, 0.3) is 11.5 Å². The van der Waals surface area contributed by atoms with Crippen LogP contribution < -0.4 is 15.6 Å². The lowest BCUT2D eigenvalue weighted by Crippen LogP contribution is -2.38. The summed E-state index contributed by atoms with van der Waals surface area (Å²) in [5.74, 6) is 0.165. The Balaban J connectivity index is 1.49. The van der Waals surface area contributed by atoms with Crippen molar-refractivity contribution in [3.05, 3.63) is 39.5 Å². The molecular formula is C24H29N3O5S. The molecule has 9 heteroatoms. The van der Waals surface area contributed by atoms with Gasteiger partial charge in [-0.3, -0.25) is 14.5 Å². The van der Waals surface area contributed by atoms with Crippen LogP contribution in [0.4, 0.5) is 0 Å². The third kappa shape index (κ3) is 4.50. The van der Waals surface area contributed by atoms with Crippen LogP contribution in [0.15, 0.2) is 29.1 Å². The number of hydrogen-bond donors (Lipinski definition) is 1. The minimum Gasteiger partial charge on any atom is -0.490 e. The standard InChI is InChI=1S/C24H29N3O5S/c1-26-18-7-3-2-6-17(18)21-19(24(26)29)20(32-14-10-27-8-12-30-13-9-27)22(33-21)23(28)25-15-16-5-4-11-31-16/h2-3,6-7,16H,4-5,8-15H2,1H3,(H,25,28). The molecule has 5 rings (SSSR count). The minimum atomic E-state index is -0.223. The van der Waals surface area contributed by atoms with Crippen molar-refractivity contribution < 1.29 is 19.0 Å². The van der Waals surface area contributed by atoms with Crippen molar-refractivity contribution in [3.8, 4) is 5.75 Å². The number of thiophene rings is 1. The quantitative estimate of drug-likeness (QED) is 0.570. The van der Waals surface area contributed by atoms with Gasteiger partial charge in [0.1, 0.15) is 16.9 Å². The number of benzene rings is 1. The zero-order valence-electron chi connectivity index (χ0n) is 18.8. The van der Waals surface area contributed by atoms with Crippen molar-refractivity contribution in [1.82, 2.24) is 14.8 Å². The Kier molecular flexibility index (Phi) is 6.64. The van der Waals surface area contributed by atoms with E-state index in [2.05, 4.69) is 10.2 Å². The molecule has 1 aromatic carbocycles. The highest BCUT2D eigenvalue weighted by Crippen LogP contribution is 2.39. The molecule has 1 N–H and O–H groups in total. The number of pyridine rings is 1. The summed E-state index contributed by atoms with van der Waals surface area (Å²) in [7, 11) is 1.76. The SMILES string of the molecule is Cn1c(=O)c2c(OCCN3CCOCC3)c(C(=O)NCC3CCCO3)sc2c2ccccc21. The fraction of sp³-hybridized carbons (Fsp3) is 0.500. The van der Waals surface area contributed by atoms with Gasteiger partial charge in [0.05, 0.1) is 29.5 Å². The number of nitrogens with one attached hydrogen (secondary N) is 1. The molecule has 2 aromatic heterocycles. The lowest BCUT2D eigenvalue weighted by molar-refractivity contribution is 0.0323. The molecule has 2 fully saturated rings. The smallest absolute Gasteiger partial charge is 0.265 e. The maximum Gasteiger partial charge on any atom is 0.265 e. The third-order valence-electron chi connectivity index (χ3n) is 6.37. The summed E-state index contributed by atoms with van der Waals surface area (Å²) in [4.78, 5) is 29.3. The van der Waals surface area contributed by atoms with E-state index >= 15 is 0 Å². The summed E-state index contributed by atoms with van der Waals surface area (Å²) in [5, 5.41) is 4.41. The zero-order chi connectivity index (χ0) is 22.8. The molecule has 2 aliphatic heterocycles. The number of para-hydroxylation sites is 1. The van der Waals surface area contributed by atoms with Crippen molar-refractivity contribution >= 4 is 38.2 Å². The molecule has 0 saturated carbocycles. The van der Waals surface area contributed by atoms with Crippen LogP contribution in [0.3, 0.4) is 0 Å². The maximum absolute atomic E-state index is 13.3. The predicted octanol–water partition coefficient (Wildman–Crippen LogP) is 2.37. The number of amides is 1. The largest absolute Gasteiger partial charge is 0.490 e. The summed E-state index contributed by atoms with van der Waals surface area (Å²) in [6, 6.07) is 7.77. The Bertz CT molecular complexity index is 1210. The number of morpholine rings is 1. The van der Waals surface area contributed by atoms with Crippen LogP contribution in [0.25, 0.3) is 21.0 Å². The van der Waals surface area contributed by atoms with Crippen molar-refractivity contribution in [3.63, 3.8) is 0 Å². The summed E-state index contributed by atoms with van der Waals surface area (Å²) < 4.78 is 19.7. The van der Waals surface area contributed by atoms with Gasteiger partial charge in [0, 0.05) is 45.2 Å². The van der Waals surface area contributed by atoms with Gasteiger partial charge in [-0.2, -0.15) is 0 Å². The molecule has 0 spiro atoms. The highest BCUT2D eigenvalue weighted by Gasteiger charge is 2.26. The van der Waals surface area contributed by atoms with Gasteiger partial charge in [-0.1, -0.05) is 18.2 Å². The molecule has 4 heterocycles. The van der Waals surface area contributed by atoms with Gasteiger partial charge in [-0.05, 0) is 18.9 Å². The molecule has 0 aliphatic carbocycles. The second kappa shape index (κ2) is 9.80. The molecule has 0 bridgehead atoms. The number of aryl methyl sites for hydroxylation is 1. The van der Waals surface area contributed by atoms with Crippen LogP contribution in [0.5, 0.6) is 5.75 Å². The molecule has 3 aromatic rings. The van der Waals surface area contributed by atoms with Crippen molar-refractivity contribution in [2.24, 2.45) is 7.05 Å². The molecule has 1 atom stereocenters. The molecule has 176 valence electrons. The van der Waals surface area contributed by atoms with E-state index in [-0.39, 0.29) is 17.6 Å². The fourth-order valence-electron chi connectivity index (χ4n) is 4.52. The minimum absolute atomic E-state index is 0.0442. The lowest BCUT2D eigenvalue weighted by atomic mass is 10.1. The monoisotopic (exact) mass is 471 g/mol. The van der Waals surface area contributed by atoms with E-state index < -0.39 is 0 Å². The average Bonchev–Trinajstić information content (AvgIpc) is 3.50. The lowest BCUT2D eigenvalue weighted by Gasteiger charge is -2.26. The van der Waals surface area contributed by atoms with Crippen LogP contribution in [0, 0.1) is 0 Å². The van der Waals surface area contributed by atoms with Gasteiger partial charge in [0.2, 0.25) is 0 Å². The summed E-state index contributed by atoms with van der Waals surface area (Å²) >= 11 is 1.33. The van der Waals surface area contributed by atoms with E-state index in [0.29, 0.717) is 48.9 Å². The van der Waals surface area contributed by atoms with Crippen molar-refractivity contribution in [2.45, 2.75) is 18.9 Å². The number of hydrogen-bond acceptors (Lipinski definition) is 7. The zero-order valence-corrected chi connectivity index (χ0v) is 19.6. The van der Waals surface area contributed by atoms with Gasteiger partial charge in [-0.15, -0.1) is 11.3 Å². The van der Waals surface area contributed by atoms with Crippen LogP contribution in [-0.4, -0.2) is 74.1 Å². The van der Waals surface area contributed by atoms with Gasteiger partial charge in [0.15, 0.2) is 5.75 Å². The third-order valence-corrected chi connectivity index (χ3v) is 7.57. The normalized spacial score (nSPS) is 19.4. The van der Waals surface area contributed by atoms with Crippen molar-refractivity contribution in [2.75, 3.05) is 52.6 Å². The van der Waals surface area contributed by atoms with Gasteiger partial charge < -0.3 is 24.1 Å². The maximum atomic E-state index is 13.3. The summed E-state index contributed by atoms with van der Waals surface area (Å²) in [6.07, 6.45) is 2.00. The Morgan fingerprint density at radius 2 is 2.06 bits per heavy atom.